The Morgan fingerprint density at radius 1 is 0.780 bits per heavy atom. The lowest BCUT2D eigenvalue weighted by atomic mass is 10.5. The van der Waals surface area contributed by atoms with E-state index in [0.717, 1.165) is 23.7 Å². The first-order valence-electron chi connectivity index (χ1n) is 12.5. The molecule has 2 N–H and O–H groups in total. The van der Waals surface area contributed by atoms with E-state index in [1.165, 1.54) is 33.2 Å². The fourth-order valence-corrected chi connectivity index (χ4v) is 3.46. The molecule has 0 atom stereocenters. The Balaban J connectivity index is 2.34. The SMILES string of the molecule is CCN(O)c1nc(N(COC)COCCn2c(=O)n(CCO)c(=O)n(CCOC)c2=O)nc(N(COC)C(C)=O)n1. The molecular weight excluding hydrogens is 550 g/mol. The van der Waals surface area contributed by atoms with Crippen molar-refractivity contribution in [1.82, 2.24) is 28.7 Å². The summed E-state index contributed by atoms with van der Waals surface area (Å²) in [5, 5.41) is 20.3. The Kier molecular flexibility index (Phi) is 13.5. The number of aromatic nitrogens is 6. The number of ether oxygens (including phenoxy) is 4. The van der Waals surface area contributed by atoms with E-state index in [0.29, 0.717) is 0 Å². The van der Waals surface area contributed by atoms with Gasteiger partial charge < -0.3 is 24.1 Å². The van der Waals surface area contributed by atoms with E-state index in [-0.39, 0.29) is 77.4 Å². The van der Waals surface area contributed by atoms with Crippen LogP contribution < -0.4 is 31.9 Å². The molecule has 2 rings (SSSR count). The maximum atomic E-state index is 12.9. The highest BCUT2D eigenvalue weighted by Gasteiger charge is 2.22. The second-order valence-electron chi connectivity index (χ2n) is 8.33. The van der Waals surface area contributed by atoms with Crippen LogP contribution in [0.2, 0.25) is 0 Å². The van der Waals surface area contributed by atoms with E-state index in [2.05, 4.69) is 15.0 Å². The van der Waals surface area contributed by atoms with Crippen LogP contribution in [0.4, 0.5) is 17.8 Å². The molecular formula is C22H37N9O10. The molecule has 0 fully saturated rings. The van der Waals surface area contributed by atoms with Crippen LogP contribution in [0.1, 0.15) is 13.8 Å². The molecule has 2 aromatic rings. The van der Waals surface area contributed by atoms with Crippen LogP contribution in [0.5, 0.6) is 0 Å². The van der Waals surface area contributed by atoms with Crippen molar-refractivity contribution in [2.45, 2.75) is 33.5 Å². The average Bonchev–Trinajstić information content (AvgIpc) is 2.96. The van der Waals surface area contributed by atoms with Gasteiger partial charge in [-0.05, 0) is 6.92 Å². The number of aliphatic hydroxyl groups is 1. The van der Waals surface area contributed by atoms with Gasteiger partial charge in [-0.1, -0.05) is 0 Å². The minimum Gasteiger partial charge on any atom is -0.395 e. The van der Waals surface area contributed by atoms with Gasteiger partial charge in [-0.2, -0.15) is 15.0 Å². The molecule has 230 valence electrons. The van der Waals surface area contributed by atoms with Gasteiger partial charge in [0.25, 0.3) is 5.95 Å². The summed E-state index contributed by atoms with van der Waals surface area (Å²) in [7, 11) is 4.21. The normalized spacial score (nSPS) is 11.1. The van der Waals surface area contributed by atoms with Crippen LogP contribution in [0, 0.1) is 0 Å². The van der Waals surface area contributed by atoms with Gasteiger partial charge in [0.05, 0.1) is 39.5 Å². The quantitative estimate of drug-likeness (QED) is 0.103. The Hall–Kier alpha value is -3.75. The summed E-state index contributed by atoms with van der Waals surface area (Å²) in [6, 6.07) is 0. The highest BCUT2D eigenvalue weighted by molar-refractivity contribution is 5.89. The zero-order valence-electron chi connectivity index (χ0n) is 23.8. The van der Waals surface area contributed by atoms with Gasteiger partial charge in [-0.3, -0.25) is 19.8 Å². The van der Waals surface area contributed by atoms with Gasteiger partial charge in [-0.25, -0.2) is 33.1 Å². The number of anilines is 3. The Bertz CT molecular complexity index is 1310. The van der Waals surface area contributed by atoms with Crippen LogP contribution in [0.15, 0.2) is 14.4 Å². The summed E-state index contributed by atoms with van der Waals surface area (Å²) < 4.78 is 23.4. The van der Waals surface area contributed by atoms with Gasteiger partial charge in [0.1, 0.15) is 20.2 Å². The average molecular weight is 588 g/mol. The second kappa shape index (κ2) is 16.5. The Morgan fingerprint density at radius 3 is 1.83 bits per heavy atom. The third kappa shape index (κ3) is 8.62. The van der Waals surface area contributed by atoms with E-state index in [9.17, 15) is 29.5 Å². The molecule has 19 heteroatoms. The number of aliphatic hydroxyl groups excluding tert-OH is 1. The highest BCUT2D eigenvalue weighted by Crippen LogP contribution is 2.19. The maximum Gasteiger partial charge on any atom is 0.336 e. The summed E-state index contributed by atoms with van der Waals surface area (Å²) in [5.41, 5.74) is -2.59. The third-order valence-corrected chi connectivity index (χ3v) is 5.51. The first-order valence-corrected chi connectivity index (χ1v) is 12.5. The molecule has 19 nitrogen and oxygen atoms in total. The number of carbonyl (C=O) groups is 1. The summed E-state index contributed by atoms with van der Waals surface area (Å²) in [6.07, 6.45) is 0. The number of hydroxylamine groups is 1. The molecule has 0 bridgehead atoms. The van der Waals surface area contributed by atoms with Crippen molar-refractivity contribution < 1.29 is 34.1 Å². The lowest BCUT2D eigenvalue weighted by molar-refractivity contribution is -0.117. The molecule has 0 aliphatic heterocycles. The molecule has 0 radical (unpaired) electrons. The van der Waals surface area contributed by atoms with Crippen molar-refractivity contribution in [1.29, 1.82) is 0 Å². The third-order valence-electron chi connectivity index (χ3n) is 5.51. The Morgan fingerprint density at radius 2 is 1.32 bits per heavy atom. The molecule has 2 aromatic heterocycles. The van der Waals surface area contributed by atoms with Crippen LogP contribution in [-0.2, 0) is 43.4 Å². The molecule has 0 aliphatic carbocycles. The topological polar surface area (TPSA) is 209 Å². The molecule has 0 saturated carbocycles. The molecule has 0 saturated heterocycles. The number of rotatable bonds is 18. The summed E-state index contributed by atoms with van der Waals surface area (Å²) in [5.74, 6) is -0.681. The number of carbonyl (C=O) groups excluding carboxylic acids is 1. The van der Waals surface area contributed by atoms with Crippen molar-refractivity contribution in [2.24, 2.45) is 0 Å². The molecule has 41 heavy (non-hydrogen) atoms. The first-order chi connectivity index (χ1) is 19.6. The number of nitrogens with zero attached hydrogens (tertiary/aromatic N) is 9. The smallest absolute Gasteiger partial charge is 0.336 e. The second-order valence-corrected chi connectivity index (χ2v) is 8.33. The van der Waals surface area contributed by atoms with Crippen LogP contribution in [-0.4, -0.2) is 113 Å². The number of hydrogen-bond donors (Lipinski definition) is 2. The van der Waals surface area contributed by atoms with Crippen molar-refractivity contribution in [2.75, 3.05) is 82.8 Å². The predicted molar refractivity (Wildman–Crippen MR) is 143 cm³/mol. The van der Waals surface area contributed by atoms with E-state index in [1.54, 1.807) is 6.92 Å². The predicted octanol–water partition coefficient (Wildman–Crippen LogP) is -2.75. The Labute approximate surface area is 234 Å². The van der Waals surface area contributed by atoms with Gasteiger partial charge >= 0.3 is 17.1 Å². The molecule has 0 unspecified atom stereocenters. The van der Waals surface area contributed by atoms with E-state index in [4.69, 9.17) is 18.9 Å². The minimum atomic E-state index is -0.892. The van der Waals surface area contributed by atoms with E-state index >= 15 is 0 Å². The molecule has 1 amide bonds. The van der Waals surface area contributed by atoms with Crippen LogP contribution in [0.25, 0.3) is 0 Å². The number of amides is 1. The fraction of sp³-hybridized carbons (Fsp3) is 0.682. The summed E-state index contributed by atoms with van der Waals surface area (Å²) >= 11 is 0. The van der Waals surface area contributed by atoms with Crippen LogP contribution in [0.3, 0.4) is 0 Å². The number of methoxy groups -OCH3 is 3. The van der Waals surface area contributed by atoms with Crippen molar-refractivity contribution in [3.05, 3.63) is 31.5 Å². The zero-order chi connectivity index (χ0) is 30.5. The lowest BCUT2D eigenvalue weighted by Gasteiger charge is -2.25. The van der Waals surface area contributed by atoms with Gasteiger partial charge in [0, 0.05) is 34.8 Å². The standard InChI is InChI=1S/C22H37N9O10/c1-6-31(37)19-24-17(23-18(25-19)30(15-40-5)16(2)33)26(13-39-4)14-41-12-9-29-21(35)27(7-10-32)20(34)28(22(29)36)8-11-38-3/h32,37H,6-15H2,1-5H3. The van der Waals surface area contributed by atoms with Crippen LogP contribution >= 0.6 is 0 Å². The van der Waals surface area contributed by atoms with E-state index < -0.39 is 29.6 Å². The van der Waals surface area contributed by atoms with Gasteiger partial charge in [-0.15, -0.1) is 0 Å². The number of hydrogen-bond acceptors (Lipinski definition) is 15. The zero-order valence-corrected chi connectivity index (χ0v) is 23.8. The molecule has 0 aliphatic rings. The van der Waals surface area contributed by atoms with E-state index in [1.807, 2.05) is 0 Å². The van der Waals surface area contributed by atoms with Crippen molar-refractivity contribution >= 4 is 23.8 Å². The van der Waals surface area contributed by atoms with Crippen molar-refractivity contribution in [3.63, 3.8) is 0 Å². The maximum absolute atomic E-state index is 12.9. The summed E-state index contributed by atoms with van der Waals surface area (Å²) in [6.45, 7) is 1.43. The fourth-order valence-electron chi connectivity index (χ4n) is 3.46. The van der Waals surface area contributed by atoms with Gasteiger partial charge in [0.15, 0.2) is 0 Å². The highest BCUT2D eigenvalue weighted by atomic mass is 16.5. The largest absolute Gasteiger partial charge is 0.395 e. The molecule has 0 aromatic carbocycles. The lowest BCUT2D eigenvalue weighted by Crippen LogP contribution is -2.55. The summed E-state index contributed by atoms with van der Waals surface area (Å²) in [4.78, 5) is 65.7. The minimum absolute atomic E-state index is 0.0164. The van der Waals surface area contributed by atoms with Gasteiger partial charge in [0.2, 0.25) is 17.8 Å². The molecule has 2 heterocycles. The van der Waals surface area contributed by atoms with Crippen molar-refractivity contribution in [3.8, 4) is 0 Å². The first kappa shape index (κ1) is 33.5. The monoisotopic (exact) mass is 587 g/mol. The molecule has 0 spiro atoms.